The van der Waals surface area contributed by atoms with Gasteiger partial charge in [0.2, 0.25) is 5.95 Å². The molecule has 28 heavy (non-hydrogen) atoms. The standard InChI is InChI=1S/C18H23ClN6O3/c1-28-15-5-4-11(7-14(15)19)8-21-16-13(17(27)24-20)9-22-18(23-16)25-6-2-3-12(25)10-26/h4-5,7,9,12,26H,2-3,6,8,10,20H2,1H3,(H,24,27)(H,21,22,23)/t12-/m0/s1. The van der Waals surface area contributed by atoms with Gasteiger partial charge in [-0.2, -0.15) is 4.98 Å². The third-order valence-electron chi connectivity index (χ3n) is 4.67. The van der Waals surface area contributed by atoms with Crippen molar-refractivity contribution < 1.29 is 14.6 Å². The van der Waals surface area contributed by atoms with Gasteiger partial charge in [-0.3, -0.25) is 10.2 Å². The van der Waals surface area contributed by atoms with Crippen LogP contribution < -0.4 is 26.2 Å². The molecule has 1 aromatic heterocycles. The number of nitrogens with zero attached hydrogens (tertiary/aromatic N) is 3. The molecular weight excluding hydrogens is 384 g/mol. The number of ether oxygens (including phenoxy) is 1. The summed E-state index contributed by atoms with van der Waals surface area (Å²) in [5, 5.41) is 13.2. The number of aliphatic hydroxyl groups is 1. The lowest BCUT2D eigenvalue weighted by Gasteiger charge is -2.23. The van der Waals surface area contributed by atoms with Gasteiger partial charge >= 0.3 is 0 Å². The van der Waals surface area contributed by atoms with E-state index >= 15 is 0 Å². The van der Waals surface area contributed by atoms with E-state index in [0.717, 1.165) is 24.9 Å². The van der Waals surface area contributed by atoms with Crippen LogP contribution >= 0.6 is 11.6 Å². The Hall–Kier alpha value is -2.62. The van der Waals surface area contributed by atoms with Crippen LogP contribution in [0.1, 0.15) is 28.8 Å². The average molecular weight is 407 g/mol. The normalized spacial score (nSPS) is 16.1. The molecule has 1 saturated heterocycles. The van der Waals surface area contributed by atoms with Gasteiger partial charge in [-0.05, 0) is 30.5 Å². The number of carbonyl (C=O) groups excluding carboxylic acids is 1. The maximum Gasteiger partial charge on any atom is 0.270 e. The minimum atomic E-state index is -0.498. The molecule has 0 spiro atoms. The highest BCUT2D eigenvalue weighted by atomic mass is 35.5. The molecule has 1 aromatic carbocycles. The fourth-order valence-corrected chi connectivity index (χ4v) is 3.46. The molecule has 0 radical (unpaired) electrons. The number of amides is 1. The summed E-state index contributed by atoms with van der Waals surface area (Å²) >= 11 is 6.17. The largest absolute Gasteiger partial charge is 0.495 e. The second kappa shape index (κ2) is 9.05. The van der Waals surface area contributed by atoms with E-state index in [2.05, 4.69) is 20.7 Å². The molecule has 2 heterocycles. The molecule has 0 unspecified atom stereocenters. The lowest BCUT2D eigenvalue weighted by molar-refractivity contribution is 0.0953. The summed E-state index contributed by atoms with van der Waals surface area (Å²) in [6.07, 6.45) is 3.26. The first kappa shape index (κ1) is 20.1. The summed E-state index contributed by atoms with van der Waals surface area (Å²) in [6, 6.07) is 5.39. The molecule has 10 heteroatoms. The quantitative estimate of drug-likeness (QED) is 0.308. The lowest BCUT2D eigenvalue weighted by Crippen LogP contribution is -2.34. The number of rotatable bonds is 7. The van der Waals surface area contributed by atoms with Gasteiger partial charge in [0, 0.05) is 19.3 Å². The smallest absolute Gasteiger partial charge is 0.270 e. The van der Waals surface area contributed by atoms with Gasteiger partial charge in [0.1, 0.15) is 17.1 Å². The van der Waals surface area contributed by atoms with Gasteiger partial charge in [-0.25, -0.2) is 10.8 Å². The Kier molecular flexibility index (Phi) is 6.50. The number of anilines is 2. The van der Waals surface area contributed by atoms with Crippen molar-refractivity contribution in [2.24, 2.45) is 5.84 Å². The lowest BCUT2D eigenvalue weighted by atomic mass is 10.2. The number of benzene rings is 1. The molecule has 9 nitrogen and oxygen atoms in total. The molecule has 0 saturated carbocycles. The maximum atomic E-state index is 12.1. The summed E-state index contributed by atoms with van der Waals surface area (Å²) in [5.74, 6) is 6.17. The molecule has 0 aliphatic carbocycles. The summed E-state index contributed by atoms with van der Waals surface area (Å²) in [6.45, 7) is 1.16. The van der Waals surface area contributed by atoms with Crippen molar-refractivity contribution in [3.8, 4) is 5.75 Å². The highest BCUT2D eigenvalue weighted by Gasteiger charge is 2.27. The Morgan fingerprint density at radius 3 is 3.00 bits per heavy atom. The molecule has 150 valence electrons. The van der Waals surface area contributed by atoms with Gasteiger partial charge in [0.25, 0.3) is 5.91 Å². The molecule has 1 amide bonds. The number of hydrogen-bond acceptors (Lipinski definition) is 8. The number of hydrogen-bond donors (Lipinski definition) is 4. The minimum Gasteiger partial charge on any atom is -0.495 e. The van der Waals surface area contributed by atoms with Crippen LogP contribution in [0.4, 0.5) is 11.8 Å². The van der Waals surface area contributed by atoms with E-state index in [-0.39, 0.29) is 18.2 Å². The highest BCUT2D eigenvalue weighted by molar-refractivity contribution is 6.32. The summed E-state index contributed by atoms with van der Waals surface area (Å²) < 4.78 is 5.16. The maximum absolute atomic E-state index is 12.1. The number of aliphatic hydroxyl groups excluding tert-OH is 1. The fourth-order valence-electron chi connectivity index (χ4n) is 3.18. The van der Waals surface area contributed by atoms with E-state index in [4.69, 9.17) is 22.2 Å². The first-order chi connectivity index (χ1) is 13.6. The van der Waals surface area contributed by atoms with Crippen LogP contribution in [0.25, 0.3) is 0 Å². The van der Waals surface area contributed by atoms with Crippen molar-refractivity contribution >= 4 is 29.3 Å². The van der Waals surface area contributed by atoms with Crippen LogP contribution in [0.15, 0.2) is 24.4 Å². The highest BCUT2D eigenvalue weighted by Crippen LogP contribution is 2.27. The zero-order valence-electron chi connectivity index (χ0n) is 15.5. The van der Waals surface area contributed by atoms with Crippen molar-refractivity contribution in [1.82, 2.24) is 15.4 Å². The van der Waals surface area contributed by atoms with Gasteiger partial charge in [0.15, 0.2) is 0 Å². The van der Waals surface area contributed by atoms with Crippen LogP contribution in [-0.2, 0) is 6.54 Å². The second-order valence-corrected chi connectivity index (χ2v) is 6.81. The molecule has 1 aliphatic heterocycles. The summed E-state index contributed by atoms with van der Waals surface area (Å²) in [7, 11) is 1.55. The van der Waals surface area contributed by atoms with Crippen LogP contribution in [0, 0.1) is 0 Å². The Labute approximate surface area is 167 Å². The van der Waals surface area contributed by atoms with E-state index in [0.29, 0.717) is 29.1 Å². The number of nitrogens with one attached hydrogen (secondary N) is 2. The van der Waals surface area contributed by atoms with Gasteiger partial charge in [-0.1, -0.05) is 17.7 Å². The number of methoxy groups -OCH3 is 1. The zero-order chi connectivity index (χ0) is 20.1. The van der Waals surface area contributed by atoms with Crippen molar-refractivity contribution in [2.45, 2.75) is 25.4 Å². The SMILES string of the molecule is COc1ccc(CNc2nc(N3CCC[C@H]3CO)ncc2C(=O)NN)cc1Cl. The summed E-state index contributed by atoms with van der Waals surface area (Å²) in [5.41, 5.74) is 3.22. The van der Waals surface area contributed by atoms with E-state index < -0.39 is 5.91 Å². The number of aromatic nitrogens is 2. The zero-order valence-corrected chi connectivity index (χ0v) is 16.2. The number of nitrogen functional groups attached to an aromatic ring is 1. The molecule has 5 N–H and O–H groups in total. The predicted octanol–water partition coefficient (Wildman–Crippen LogP) is 1.32. The topological polar surface area (TPSA) is 126 Å². The molecule has 1 aliphatic rings. The van der Waals surface area contributed by atoms with Crippen molar-refractivity contribution in [1.29, 1.82) is 0 Å². The Balaban J connectivity index is 1.85. The molecule has 0 bridgehead atoms. The minimum absolute atomic E-state index is 0.0255. The molecule has 1 atom stereocenters. The van der Waals surface area contributed by atoms with E-state index in [9.17, 15) is 9.90 Å². The van der Waals surface area contributed by atoms with Crippen LogP contribution in [0.2, 0.25) is 5.02 Å². The molecule has 1 fully saturated rings. The van der Waals surface area contributed by atoms with Gasteiger partial charge in [-0.15, -0.1) is 0 Å². The molecular formula is C18H23ClN6O3. The van der Waals surface area contributed by atoms with Crippen molar-refractivity contribution in [3.63, 3.8) is 0 Å². The predicted molar refractivity (Wildman–Crippen MR) is 106 cm³/mol. The third kappa shape index (κ3) is 4.27. The molecule has 3 rings (SSSR count). The van der Waals surface area contributed by atoms with Crippen LogP contribution in [0.5, 0.6) is 5.75 Å². The fraction of sp³-hybridized carbons (Fsp3) is 0.389. The third-order valence-corrected chi connectivity index (χ3v) is 4.97. The Morgan fingerprint density at radius 2 is 2.32 bits per heavy atom. The first-order valence-electron chi connectivity index (χ1n) is 8.89. The van der Waals surface area contributed by atoms with E-state index in [1.807, 2.05) is 11.0 Å². The van der Waals surface area contributed by atoms with Crippen molar-refractivity contribution in [3.05, 3.63) is 40.5 Å². The van der Waals surface area contributed by atoms with Crippen LogP contribution in [-0.4, -0.2) is 47.3 Å². The Bertz CT molecular complexity index is 850. The van der Waals surface area contributed by atoms with Gasteiger partial charge in [0.05, 0.1) is 24.8 Å². The van der Waals surface area contributed by atoms with Gasteiger partial charge < -0.3 is 20.1 Å². The monoisotopic (exact) mass is 406 g/mol. The summed E-state index contributed by atoms with van der Waals surface area (Å²) in [4.78, 5) is 22.8. The number of halogens is 1. The van der Waals surface area contributed by atoms with E-state index in [1.165, 1.54) is 6.20 Å². The number of nitrogens with two attached hydrogens (primary N) is 1. The van der Waals surface area contributed by atoms with Crippen LogP contribution in [0.3, 0.4) is 0 Å². The van der Waals surface area contributed by atoms with Crippen molar-refractivity contribution in [2.75, 3.05) is 30.5 Å². The molecule has 2 aromatic rings. The first-order valence-corrected chi connectivity index (χ1v) is 9.27. The van der Waals surface area contributed by atoms with E-state index in [1.54, 1.807) is 19.2 Å². The Morgan fingerprint density at radius 1 is 1.50 bits per heavy atom. The second-order valence-electron chi connectivity index (χ2n) is 6.40. The number of carbonyl (C=O) groups is 1. The average Bonchev–Trinajstić information content (AvgIpc) is 3.20. The number of hydrazine groups is 1.